The summed E-state index contributed by atoms with van der Waals surface area (Å²) < 4.78 is 11.7. The quantitative estimate of drug-likeness (QED) is 0.498. The van der Waals surface area contributed by atoms with Crippen molar-refractivity contribution in [3.05, 3.63) is 0 Å². The van der Waals surface area contributed by atoms with Crippen LogP contribution >= 0.6 is 0 Å². The first-order valence-electron chi connectivity index (χ1n) is 2.73. The second kappa shape index (κ2) is 2.22. The number of carbonyl (C=O) groups is 1. The molecule has 3 heteroatoms. The van der Waals surface area contributed by atoms with Gasteiger partial charge in [-0.05, 0) is 19.4 Å². The van der Waals surface area contributed by atoms with Gasteiger partial charge in [-0.2, -0.15) is 4.39 Å². The van der Waals surface area contributed by atoms with Crippen LogP contribution in [0, 0.1) is 0 Å². The van der Waals surface area contributed by atoms with E-state index in [-0.39, 0.29) is 0 Å². The lowest BCUT2D eigenvalue weighted by Gasteiger charge is -1.97. The maximum absolute atomic E-state index is 11.7. The topological polar surface area (TPSA) is 29.1 Å². The Morgan fingerprint density at radius 2 is 2.50 bits per heavy atom. The maximum atomic E-state index is 11.7. The molecule has 0 aromatic heterocycles. The summed E-state index contributed by atoms with van der Waals surface area (Å²) in [5, 5.41) is 2.73. The van der Waals surface area contributed by atoms with Gasteiger partial charge in [0.05, 0.1) is 6.04 Å². The lowest BCUT2D eigenvalue weighted by atomic mass is 10.2. The molecular weight excluding hydrogens is 109 g/mol. The van der Waals surface area contributed by atoms with Crippen LogP contribution in [0.2, 0.25) is 0 Å². The zero-order chi connectivity index (χ0) is 5.98. The minimum Gasteiger partial charge on any atom is -0.305 e. The third kappa shape index (κ3) is 1.04. The van der Waals surface area contributed by atoms with Crippen LogP contribution in [0.5, 0.6) is 0 Å². The van der Waals surface area contributed by atoms with Gasteiger partial charge < -0.3 is 5.32 Å². The number of carbonyl (C=O) groups excluding carboxylic acids is 1. The van der Waals surface area contributed by atoms with E-state index in [2.05, 4.69) is 5.32 Å². The van der Waals surface area contributed by atoms with E-state index in [4.69, 9.17) is 0 Å². The highest BCUT2D eigenvalue weighted by molar-refractivity contribution is 5.74. The summed E-state index contributed by atoms with van der Waals surface area (Å²) in [6, 6.07) is -1.71. The molecule has 0 unspecified atom stereocenters. The molecule has 1 atom stereocenters. The normalized spacial score (nSPS) is 28.4. The molecule has 0 aromatic carbocycles. The van der Waals surface area contributed by atoms with E-state index in [0.29, 0.717) is 6.42 Å². The van der Waals surface area contributed by atoms with Crippen LogP contribution in [0.25, 0.3) is 0 Å². The van der Waals surface area contributed by atoms with E-state index in [1.807, 2.05) is 0 Å². The smallest absolute Gasteiger partial charge is 0.305 e. The summed E-state index contributed by atoms with van der Waals surface area (Å²) in [6.45, 7) is 0.778. The van der Waals surface area contributed by atoms with Gasteiger partial charge in [0.2, 0.25) is 0 Å². The minimum atomic E-state index is -1.22. The lowest BCUT2D eigenvalue weighted by Crippen LogP contribution is -2.27. The minimum absolute atomic E-state index is 0.491. The molecule has 0 amide bonds. The van der Waals surface area contributed by atoms with Gasteiger partial charge >= 0.3 is 6.04 Å². The van der Waals surface area contributed by atoms with Gasteiger partial charge in [0.25, 0.3) is 0 Å². The molecular formula is C5H8FNO. The van der Waals surface area contributed by atoms with Crippen molar-refractivity contribution in [3.63, 3.8) is 0 Å². The van der Waals surface area contributed by atoms with Crippen molar-refractivity contribution in [2.24, 2.45) is 0 Å². The summed E-state index contributed by atoms with van der Waals surface area (Å²) in [5.41, 5.74) is 0. The highest BCUT2D eigenvalue weighted by atomic mass is 19.1. The van der Waals surface area contributed by atoms with E-state index in [1.54, 1.807) is 0 Å². The van der Waals surface area contributed by atoms with E-state index >= 15 is 0 Å². The fraction of sp³-hybridized carbons (Fsp3) is 0.800. The van der Waals surface area contributed by atoms with Crippen LogP contribution < -0.4 is 5.32 Å². The van der Waals surface area contributed by atoms with E-state index < -0.39 is 12.1 Å². The van der Waals surface area contributed by atoms with Gasteiger partial charge in [0, 0.05) is 0 Å². The van der Waals surface area contributed by atoms with Gasteiger partial charge in [0.15, 0.2) is 0 Å². The van der Waals surface area contributed by atoms with Crippen LogP contribution in [-0.2, 0) is 4.79 Å². The molecule has 1 aliphatic heterocycles. The monoisotopic (exact) mass is 117 g/mol. The molecule has 8 heavy (non-hydrogen) atoms. The van der Waals surface area contributed by atoms with Crippen molar-refractivity contribution in [1.82, 2.24) is 5.32 Å². The highest BCUT2D eigenvalue weighted by Crippen LogP contribution is 2.05. The van der Waals surface area contributed by atoms with Crippen molar-refractivity contribution in [3.8, 4) is 0 Å². The lowest BCUT2D eigenvalue weighted by molar-refractivity contribution is -0.131. The van der Waals surface area contributed by atoms with E-state index in [9.17, 15) is 9.18 Å². The third-order valence-corrected chi connectivity index (χ3v) is 1.33. The predicted octanol–water partition coefficient (Wildman–Crippen LogP) is 0.234. The Bertz CT molecular complexity index is 98.6. The fourth-order valence-electron chi connectivity index (χ4n) is 0.878. The van der Waals surface area contributed by atoms with Crippen molar-refractivity contribution in [2.45, 2.75) is 18.9 Å². The molecule has 1 saturated heterocycles. The van der Waals surface area contributed by atoms with Crippen molar-refractivity contribution < 1.29 is 9.18 Å². The molecule has 0 radical (unpaired) electrons. The van der Waals surface area contributed by atoms with Gasteiger partial charge in [0.1, 0.15) is 0 Å². The summed E-state index contributed by atoms with van der Waals surface area (Å²) in [6.07, 6.45) is 1.58. The van der Waals surface area contributed by atoms with Crippen LogP contribution in [0.3, 0.4) is 0 Å². The van der Waals surface area contributed by atoms with Crippen molar-refractivity contribution in [2.75, 3.05) is 6.54 Å². The van der Waals surface area contributed by atoms with Crippen LogP contribution in [0.1, 0.15) is 12.8 Å². The number of hydrogen-bond donors (Lipinski definition) is 1. The number of hydrogen-bond acceptors (Lipinski definition) is 2. The number of nitrogens with one attached hydrogen (secondary N) is 1. The van der Waals surface area contributed by atoms with Crippen molar-refractivity contribution in [1.29, 1.82) is 0 Å². The van der Waals surface area contributed by atoms with Crippen LogP contribution in [0.4, 0.5) is 4.39 Å². The highest BCUT2D eigenvalue weighted by Gasteiger charge is 2.20. The molecule has 2 nitrogen and oxygen atoms in total. The standard InChI is InChI=1S/C5H8FNO/c6-5(8)4-2-1-3-7-4/h4,7H,1-3H2/t4-/m0/s1. The summed E-state index contributed by atoms with van der Waals surface area (Å²) in [7, 11) is 0. The average molecular weight is 117 g/mol. The molecule has 46 valence electrons. The van der Waals surface area contributed by atoms with Crippen LogP contribution in [0.15, 0.2) is 0 Å². The summed E-state index contributed by atoms with van der Waals surface area (Å²) in [4.78, 5) is 9.92. The molecule has 1 N–H and O–H groups in total. The third-order valence-electron chi connectivity index (χ3n) is 1.33. The van der Waals surface area contributed by atoms with E-state index in [1.165, 1.54) is 0 Å². The molecule has 0 aromatic rings. The molecule has 0 saturated carbocycles. The second-order valence-electron chi connectivity index (χ2n) is 1.95. The molecule has 1 fully saturated rings. The Morgan fingerprint density at radius 1 is 1.75 bits per heavy atom. The molecule has 0 spiro atoms. The first-order valence-corrected chi connectivity index (χ1v) is 2.73. The summed E-state index contributed by atoms with van der Waals surface area (Å²) >= 11 is 0. The van der Waals surface area contributed by atoms with Crippen LogP contribution in [-0.4, -0.2) is 18.6 Å². The molecule has 0 aliphatic carbocycles. The average Bonchev–Trinajstić information content (AvgIpc) is 2.12. The Labute approximate surface area is 47.1 Å². The molecule has 1 heterocycles. The Kier molecular flexibility index (Phi) is 1.58. The summed E-state index contributed by atoms with van der Waals surface area (Å²) in [5.74, 6) is 0. The number of halogens is 1. The zero-order valence-electron chi connectivity index (χ0n) is 4.48. The largest absolute Gasteiger partial charge is 0.318 e. The Hall–Kier alpha value is -0.440. The first kappa shape index (κ1) is 5.69. The maximum Gasteiger partial charge on any atom is 0.318 e. The van der Waals surface area contributed by atoms with Gasteiger partial charge in [-0.1, -0.05) is 0 Å². The second-order valence-corrected chi connectivity index (χ2v) is 1.95. The fourth-order valence-corrected chi connectivity index (χ4v) is 0.878. The molecule has 0 bridgehead atoms. The first-order chi connectivity index (χ1) is 3.80. The predicted molar refractivity (Wildman–Crippen MR) is 27.1 cm³/mol. The SMILES string of the molecule is O=C(F)[C@@H]1CCCN1. The molecule has 1 rings (SSSR count). The van der Waals surface area contributed by atoms with Crippen molar-refractivity contribution >= 4 is 6.04 Å². The Morgan fingerprint density at radius 3 is 2.75 bits per heavy atom. The zero-order valence-corrected chi connectivity index (χ0v) is 4.48. The molecule has 1 aliphatic rings. The van der Waals surface area contributed by atoms with E-state index in [0.717, 1.165) is 13.0 Å². The van der Waals surface area contributed by atoms with Gasteiger partial charge in [-0.3, -0.25) is 4.79 Å². The number of rotatable bonds is 1. The van der Waals surface area contributed by atoms with Gasteiger partial charge in [-0.15, -0.1) is 0 Å². The Balaban J connectivity index is 2.35. The van der Waals surface area contributed by atoms with Gasteiger partial charge in [-0.25, -0.2) is 0 Å².